The van der Waals surface area contributed by atoms with Gasteiger partial charge in [0.05, 0.1) is 10.5 Å². The first kappa shape index (κ1) is 12.7. The van der Waals surface area contributed by atoms with Crippen molar-refractivity contribution >= 4 is 45.7 Å². The van der Waals surface area contributed by atoms with Crippen molar-refractivity contribution in [2.45, 2.75) is 5.50 Å². The normalized spacial score (nSPS) is 12.8. The smallest absolute Gasteiger partial charge is 0.153 e. The van der Waals surface area contributed by atoms with Crippen molar-refractivity contribution in [3.05, 3.63) is 52.7 Å². The minimum Gasteiger partial charge on any atom is -0.255 e. The Balaban J connectivity index is 2.15. The predicted molar refractivity (Wildman–Crippen MR) is 75.8 cm³/mol. The Kier molecular flexibility index (Phi) is 3.31. The van der Waals surface area contributed by atoms with Crippen LogP contribution in [0.25, 0.3) is 10.9 Å². The van der Waals surface area contributed by atoms with Gasteiger partial charge in [0, 0.05) is 22.2 Å². The second kappa shape index (κ2) is 4.96. The molecule has 0 aliphatic carbocycles. The van der Waals surface area contributed by atoms with Crippen molar-refractivity contribution in [1.82, 2.24) is 19.7 Å². The van der Waals surface area contributed by atoms with Gasteiger partial charge in [-0.3, -0.25) is 4.98 Å². The molecule has 0 aliphatic heterocycles. The van der Waals surface area contributed by atoms with E-state index in [1.54, 1.807) is 12.3 Å². The first-order valence-electron chi connectivity index (χ1n) is 5.38. The molecule has 1 unspecified atom stereocenters. The highest BCUT2D eigenvalue weighted by Crippen LogP contribution is 2.32. The number of hydrogen-bond acceptors (Lipinski definition) is 3. The molecule has 0 bridgehead atoms. The molecule has 0 amide bonds. The van der Waals surface area contributed by atoms with Crippen LogP contribution in [0.3, 0.4) is 0 Å². The van der Waals surface area contributed by atoms with E-state index in [0.717, 1.165) is 16.5 Å². The summed E-state index contributed by atoms with van der Waals surface area (Å²) in [6.07, 6.45) is 4.53. The Morgan fingerprint density at radius 1 is 1.16 bits per heavy atom. The van der Waals surface area contributed by atoms with Crippen molar-refractivity contribution in [2.75, 3.05) is 0 Å². The van der Waals surface area contributed by atoms with Crippen molar-refractivity contribution < 1.29 is 0 Å². The van der Waals surface area contributed by atoms with Crippen molar-refractivity contribution in [3.8, 4) is 0 Å². The number of alkyl halides is 1. The summed E-state index contributed by atoms with van der Waals surface area (Å²) in [6, 6.07) is 5.43. The molecule has 0 N–H and O–H groups in total. The highest BCUT2D eigenvalue weighted by atomic mass is 35.5. The second-order valence-corrected chi connectivity index (χ2v) is 5.19. The van der Waals surface area contributed by atoms with Gasteiger partial charge in [0.25, 0.3) is 0 Å². The summed E-state index contributed by atoms with van der Waals surface area (Å²) in [7, 11) is 0. The molecule has 0 radical (unpaired) electrons. The SMILES string of the molecule is Clc1cnc2cc(Cl)c(C(Cl)n3cncn3)cc2c1. The number of rotatable bonds is 2. The van der Waals surface area contributed by atoms with Gasteiger partial charge in [0.1, 0.15) is 12.7 Å². The van der Waals surface area contributed by atoms with Gasteiger partial charge in [0.2, 0.25) is 0 Å². The van der Waals surface area contributed by atoms with Gasteiger partial charge < -0.3 is 0 Å². The van der Waals surface area contributed by atoms with Crippen molar-refractivity contribution in [1.29, 1.82) is 0 Å². The lowest BCUT2D eigenvalue weighted by Gasteiger charge is -2.12. The van der Waals surface area contributed by atoms with Crippen molar-refractivity contribution in [2.24, 2.45) is 0 Å². The number of halogens is 3. The lowest BCUT2D eigenvalue weighted by Crippen LogP contribution is -2.05. The van der Waals surface area contributed by atoms with Gasteiger partial charge in [-0.05, 0) is 18.2 Å². The molecule has 3 rings (SSSR count). The van der Waals surface area contributed by atoms with Crippen LogP contribution in [0.2, 0.25) is 10.0 Å². The van der Waals surface area contributed by atoms with E-state index in [0.29, 0.717) is 10.0 Å². The summed E-state index contributed by atoms with van der Waals surface area (Å²) in [4.78, 5) is 8.08. The van der Waals surface area contributed by atoms with Crippen molar-refractivity contribution in [3.63, 3.8) is 0 Å². The summed E-state index contributed by atoms with van der Waals surface area (Å²) in [5, 5.41) is 5.97. The molecule has 7 heteroatoms. The van der Waals surface area contributed by atoms with E-state index < -0.39 is 5.50 Å². The molecule has 96 valence electrons. The lowest BCUT2D eigenvalue weighted by atomic mass is 10.1. The molecule has 1 aromatic carbocycles. The number of hydrogen-bond donors (Lipinski definition) is 0. The molecule has 0 fully saturated rings. The maximum Gasteiger partial charge on any atom is 0.153 e. The number of benzene rings is 1. The first-order chi connectivity index (χ1) is 9.15. The van der Waals surface area contributed by atoms with Crippen LogP contribution in [0, 0.1) is 0 Å². The van der Waals surface area contributed by atoms with Crippen LogP contribution in [0.4, 0.5) is 0 Å². The third-order valence-electron chi connectivity index (χ3n) is 2.69. The minimum absolute atomic E-state index is 0.526. The van der Waals surface area contributed by atoms with E-state index in [1.165, 1.54) is 17.3 Å². The molecule has 19 heavy (non-hydrogen) atoms. The lowest BCUT2D eigenvalue weighted by molar-refractivity contribution is 0.660. The van der Waals surface area contributed by atoms with Gasteiger partial charge >= 0.3 is 0 Å². The average Bonchev–Trinajstić information content (AvgIpc) is 2.91. The van der Waals surface area contributed by atoms with E-state index in [-0.39, 0.29) is 0 Å². The molecule has 0 saturated heterocycles. The summed E-state index contributed by atoms with van der Waals surface area (Å²) >= 11 is 18.5. The van der Waals surface area contributed by atoms with Crippen LogP contribution in [0.1, 0.15) is 11.1 Å². The highest BCUT2D eigenvalue weighted by Gasteiger charge is 2.15. The van der Waals surface area contributed by atoms with Gasteiger partial charge in [-0.15, -0.1) is 0 Å². The zero-order chi connectivity index (χ0) is 13.4. The molecule has 0 saturated carbocycles. The van der Waals surface area contributed by atoms with Crippen LogP contribution >= 0.6 is 34.8 Å². The van der Waals surface area contributed by atoms with Crippen LogP contribution in [0.15, 0.2) is 37.1 Å². The summed E-state index contributed by atoms with van der Waals surface area (Å²) in [6.45, 7) is 0. The number of pyridine rings is 1. The highest BCUT2D eigenvalue weighted by molar-refractivity contribution is 6.34. The Hall–Kier alpha value is -1.36. The third kappa shape index (κ3) is 2.39. The fourth-order valence-electron chi connectivity index (χ4n) is 1.80. The Bertz CT molecular complexity index is 727. The van der Waals surface area contributed by atoms with Gasteiger partial charge in [-0.25, -0.2) is 9.67 Å². The Morgan fingerprint density at radius 2 is 2.00 bits per heavy atom. The fraction of sp³-hybridized carbons (Fsp3) is 0.0833. The zero-order valence-corrected chi connectivity index (χ0v) is 11.7. The van der Waals surface area contributed by atoms with Crippen LogP contribution in [-0.4, -0.2) is 19.7 Å². The Morgan fingerprint density at radius 3 is 2.74 bits per heavy atom. The molecular formula is C12H7Cl3N4. The van der Waals surface area contributed by atoms with Gasteiger partial charge in [-0.2, -0.15) is 5.10 Å². The van der Waals surface area contributed by atoms with E-state index in [9.17, 15) is 0 Å². The average molecular weight is 314 g/mol. The molecule has 4 nitrogen and oxygen atoms in total. The molecule has 2 heterocycles. The molecule has 2 aromatic heterocycles. The maximum absolute atomic E-state index is 6.34. The molecule has 3 aromatic rings. The summed E-state index contributed by atoms with van der Waals surface area (Å²) in [5.74, 6) is 0. The summed E-state index contributed by atoms with van der Waals surface area (Å²) in [5.41, 5.74) is 0.962. The second-order valence-electron chi connectivity index (χ2n) is 3.93. The number of nitrogens with zero attached hydrogens (tertiary/aromatic N) is 4. The van der Waals surface area contributed by atoms with Crippen LogP contribution < -0.4 is 0 Å². The predicted octanol–water partition coefficient (Wildman–Crippen LogP) is 3.92. The van der Waals surface area contributed by atoms with E-state index in [4.69, 9.17) is 34.8 Å². The van der Waals surface area contributed by atoms with E-state index in [2.05, 4.69) is 15.1 Å². The van der Waals surface area contributed by atoms with Crippen LogP contribution in [0.5, 0.6) is 0 Å². The third-order valence-corrected chi connectivity index (χ3v) is 3.66. The summed E-state index contributed by atoms with van der Waals surface area (Å²) < 4.78 is 1.52. The molecular weight excluding hydrogens is 307 g/mol. The Labute approximate surface area is 123 Å². The molecule has 1 atom stereocenters. The van der Waals surface area contributed by atoms with Gasteiger partial charge in [-0.1, -0.05) is 34.8 Å². The largest absolute Gasteiger partial charge is 0.255 e. The molecule has 0 aliphatic rings. The monoisotopic (exact) mass is 312 g/mol. The quantitative estimate of drug-likeness (QED) is 0.674. The minimum atomic E-state index is -0.529. The fourth-order valence-corrected chi connectivity index (χ4v) is 2.57. The van der Waals surface area contributed by atoms with E-state index in [1.807, 2.05) is 12.1 Å². The number of aromatic nitrogens is 4. The zero-order valence-electron chi connectivity index (χ0n) is 9.46. The molecule has 0 spiro atoms. The maximum atomic E-state index is 6.34. The first-order valence-corrected chi connectivity index (χ1v) is 6.57. The number of fused-ring (bicyclic) bond motifs is 1. The standard InChI is InChI=1S/C12H7Cl3N4/c13-8-1-7-2-9(10(14)3-11(7)17-4-8)12(15)19-6-16-5-18-19/h1-6,12H. The van der Waals surface area contributed by atoms with E-state index >= 15 is 0 Å². The topological polar surface area (TPSA) is 43.6 Å². The van der Waals surface area contributed by atoms with Crippen LogP contribution in [-0.2, 0) is 0 Å². The van der Waals surface area contributed by atoms with Gasteiger partial charge in [0.15, 0.2) is 5.50 Å².